The van der Waals surface area contributed by atoms with Crippen LogP contribution in [-0.2, 0) is 6.42 Å². The second-order valence-electron chi connectivity index (χ2n) is 4.40. The zero-order valence-corrected chi connectivity index (χ0v) is 11.4. The van der Waals surface area contributed by atoms with Crippen molar-refractivity contribution in [3.05, 3.63) is 46.7 Å². The Bertz CT molecular complexity index is 617. The Kier molecular flexibility index (Phi) is 4.20. The van der Waals surface area contributed by atoms with Crippen molar-refractivity contribution in [3.63, 3.8) is 0 Å². The summed E-state index contributed by atoms with van der Waals surface area (Å²) in [4.78, 5) is 0. The molecule has 6 heteroatoms. The van der Waals surface area contributed by atoms with E-state index in [1.165, 1.54) is 6.07 Å². The molecule has 0 fully saturated rings. The lowest BCUT2D eigenvalue weighted by atomic mass is 10.1. The maximum absolute atomic E-state index is 13.9. The first kappa shape index (κ1) is 14.3. The molecule has 0 saturated heterocycles. The van der Waals surface area contributed by atoms with E-state index in [2.05, 4.69) is 5.32 Å². The maximum atomic E-state index is 13.9. The fourth-order valence-corrected chi connectivity index (χ4v) is 1.99. The van der Waals surface area contributed by atoms with E-state index in [0.717, 1.165) is 5.56 Å². The van der Waals surface area contributed by atoms with Crippen LogP contribution in [0.5, 0.6) is 5.75 Å². The van der Waals surface area contributed by atoms with Crippen LogP contribution >= 0.6 is 11.6 Å². The van der Waals surface area contributed by atoms with Gasteiger partial charge in [0.05, 0.1) is 17.1 Å². The lowest BCUT2D eigenvalue weighted by Gasteiger charge is -2.13. The molecule has 0 heterocycles. The van der Waals surface area contributed by atoms with E-state index in [4.69, 9.17) is 23.1 Å². The summed E-state index contributed by atoms with van der Waals surface area (Å²) < 4.78 is 13.9. The molecule has 0 amide bonds. The van der Waals surface area contributed by atoms with Crippen molar-refractivity contribution in [2.24, 2.45) is 0 Å². The molecule has 6 N–H and O–H groups in total. The fourth-order valence-electron chi connectivity index (χ4n) is 1.84. The van der Waals surface area contributed by atoms with E-state index in [1.54, 1.807) is 24.3 Å². The Morgan fingerprint density at radius 3 is 2.45 bits per heavy atom. The first-order chi connectivity index (χ1) is 9.49. The van der Waals surface area contributed by atoms with Gasteiger partial charge in [0.15, 0.2) is 5.82 Å². The Labute approximate surface area is 121 Å². The molecular weight excluding hydrogens is 281 g/mol. The van der Waals surface area contributed by atoms with Crippen LogP contribution in [0.15, 0.2) is 30.3 Å². The standard InChI is InChI=1S/C14H15ClFN3O/c15-12-10(17)7-11(18)14(13(12)16)19-6-5-8-1-3-9(20)4-2-8/h1-4,7,19-20H,5-6,17-18H2. The van der Waals surface area contributed by atoms with Crippen molar-refractivity contribution < 1.29 is 9.50 Å². The van der Waals surface area contributed by atoms with Crippen LogP contribution in [0.25, 0.3) is 0 Å². The van der Waals surface area contributed by atoms with Crippen molar-refractivity contribution in [2.45, 2.75) is 6.42 Å². The summed E-state index contributed by atoms with van der Waals surface area (Å²) in [5.41, 5.74) is 12.7. The highest BCUT2D eigenvalue weighted by molar-refractivity contribution is 6.33. The Hall–Kier alpha value is -2.14. The van der Waals surface area contributed by atoms with Crippen molar-refractivity contribution in [2.75, 3.05) is 23.3 Å². The summed E-state index contributed by atoms with van der Waals surface area (Å²) in [5.74, 6) is -0.433. The zero-order chi connectivity index (χ0) is 14.7. The normalized spacial score (nSPS) is 10.5. The van der Waals surface area contributed by atoms with E-state index in [1.807, 2.05) is 0 Å². The van der Waals surface area contributed by atoms with E-state index in [0.29, 0.717) is 13.0 Å². The number of phenolic OH excluding ortho intramolecular Hbond substituents is 1. The number of nitrogen functional groups attached to an aromatic ring is 2. The predicted octanol–water partition coefficient (Wildman–Crippen LogP) is 3.00. The third kappa shape index (κ3) is 3.05. The van der Waals surface area contributed by atoms with Crippen LogP contribution in [-0.4, -0.2) is 11.7 Å². The van der Waals surface area contributed by atoms with Gasteiger partial charge in [-0.3, -0.25) is 0 Å². The molecule has 0 aliphatic heterocycles. The van der Waals surface area contributed by atoms with Crippen molar-refractivity contribution in [3.8, 4) is 5.75 Å². The number of anilines is 3. The summed E-state index contributed by atoms with van der Waals surface area (Å²) in [7, 11) is 0. The molecule has 2 aromatic carbocycles. The number of halogens is 2. The number of hydrogen-bond donors (Lipinski definition) is 4. The second kappa shape index (κ2) is 5.88. The molecule has 0 spiro atoms. The van der Waals surface area contributed by atoms with Gasteiger partial charge in [0.1, 0.15) is 10.8 Å². The second-order valence-corrected chi connectivity index (χ2v) is 4.78. The van der Waals surface area contributed by atoms with Gasteiger partial charge in [-0.2, -0.15) is 0 Å². The number of rotatable bonds is 4. The first-order valence-electron chi connectivity index (χ1n) is 6.03. The molecule has 0 radical (unpaired) electrons. The number of aromatic hydroxyl groups is 1. The Morgan fingerprint density at radius 2 is 1.80 bits per heavy atom. The lowest BCUT2D eigenvalue weighted by Crippen LogP contribution is -2.09. The molecule has 2 aromatic rings. The fraction of sp³-hybridized carbons (Fsp3) is 0.143. The topological polar surface area (TPSA) is 84.3 Å². The number of benzene rings is 2. The average molecular weight is 296 g/mol. The smallest absolute Gasteiger partial charge is 0.169 e. The monoisotopic (exact) mass is 295 g/mol. The molecular formula is C14H15ClFN3O. The van der Waals surface area contributed by atoms with Crippen LogP contribution in [0.4, 0.5) is 21.5 Å². The van der Waals surface area contributed by atoms with Crippen LogP contribution in [0.3, 0.4) is 0 Å². The van der Waals surface area contributed by atoms with Crippen molar-refractivity contribution in [1.29, 1.82) is 0 Å². The highest BCUT2D eigenvalue weighted by Gasteiger charge is 2.13. The molecule has 0 unspecified atom stereocenters. The van der Waals surface area contributed by atoms with E-state index in [-0.39, 0.29) is 27.8 Å². The number of nitrogens with one attached hydrogen (secondary N) is 1. The van der Waals surface area contributed by atoms with Gasteiger partial charge in [0.25, 0.3) is 0 Å². The molecule has 0 aromatic heterocycles. The number of phenols is 1. The summed E-state index contributed by atoms with van der Waals surface area (Å²) in [6.07, 6.45) is 0.654. The molecule has 0 bridgehead atoms. The third-order valence-electron chi connectivity index (χ3n) is 2.92. The summed E-state index contributed by atoms with van der Waals surface area (Å²) in [5, 5.41) is 12.0. The molecule has 20 heavy (non-hydrogen) atoms. The SMILES string of the molecule is Nc1cc(N)c(NCCc2ccc(O)cc2)c(F)c1Cl. The highest BCUT2D eigenvalue weighted by Crippen LogP contribution is 2.33. The zero-order valence-electron chi connectivity index (χ0n) is 10.7. The minimum Gasteiger partial charge on any atom is -0.508 e. The maximum Gasteiger partial charge on any atom is 0.169 e. The molecule has 106 valence electrons. The van der Waals surface area contributed by atoms with Gasteiger partial charge in [0.2, 0.25) is 0 Å². The lowest BCUT2D eigenvalue weighted by molar-refractivity contribution is 0.475. The minimum absolute atomic E-state index is 0.116. The molecule has 0 saturated carbocycles. The van der Waals surface area contributed by atoms with Crippen LogP contribution < -0.4 is 16.8 Å². The van der Waals surface area contributed by atoms with Gasteiger partial charge in [-0.1, -0.05) is 23.7 Å². The largest absolute Gasteiger partial charge is 0.508 e. The quantitative estimate of drug-likeness (QED) is 0.653. The third-order valence-corrected chi connectivity index (χ3v) is 3.30. The summed E-state index contributed by atoms with van der Waals surface area (Å²) in [6.45, 7) is 0.478. The first-order valence-corrected chi connectivity index (χ1v) is 6.41. The minimum atomic E-state index is -0.644. The van der Waals surface area contributed by atoms with Crippen LogP contribution in [0.2, 0.25) is 5.02 Å². The van der Waals surface area contributed by atoms with Crippen molar-refractivity contribution >= 4 is 28.7 Å². The molecule has 2 rings (SSSR count). The van der Waals surface area contributed by atoms with Gasteiger partial charge >= 0.3 is 0 Å². The summed E-state index contributed by atoms with van der Waals surface area (Å²) in [6, 6.07) is 8.22. The van der Waals surface area contributed by atoms with Gasteiger partial charge in [-0.15, -0.1) is 0 Å². The number of hydrogen-bond acceptors (Lipinski definition) is 4. The molecule has 0 aliphatic rings. The van der Waals surface area contributed by atoms with Gasteiger partial charge in [-0.05, 0) is 30.2 Å². The average Bonchev–Trinajstić information content (AvgIpc) is 2.42. The Balaban J connectivity index is 2.04. The van der Waals surface area contributed by atoms with Gasteiger partial charge in [0, 0.05) is 6.54 Å². The van der Waals surface area contributed by atoms with E-state index < -0.39 is 5.82 Å². The van der Waals surface area contributed by atoms with Gasteiger partial charge < -0.3 is 21.9 Å². The van der Waals surface area contributed by atoms with Crippen LogP contribution in [0.1, 0.15) is 5.56 Å². The van der Waals surface area contributed by atoms with Crippen molar-refractivity contribution in [1.82, 2.24) is 0 Å². The van der Waals surface area contributed by atoms with Gasteiger partial charge in [-0.25, -0.2) is 4.39 Å². The van der Waals surface area contributed by atoms with E-state index in [9.17, 15) is 9.50 Å². The predicted molar refractivity (Wildman–Crippen MR) is 80.5 cm³/mol. The van der Waals surface area contributed by atoms with Crippen LogP contribution in [0, 0.1) is 5.82 Å². The Morgan fingerprint density at radius 1 is 1.15 bits per heavy atom. The van der Waals surface area contributed by atoms with E-state index >= 15 is 0 Å². The molecule has 0 atom stereocenters. The molecule has 0 aliphatic carbocycles. The number of nitrogens with two attached hydrogens (primary N) is 2. The summed E-state index contributed by atoms with van der Waals surface area (Å²) >= 11 is 5.74. The highest BCUT2D eigenvalue weighted by atomic mass is 35.5. The molecule has 4 nitrogen and oxygen atoms in total.